The molecular formula is C29H24Cl2N4O2. The van der Waals surface area contributed by atoms with Crippen molar-refractivity contribution in [2.45, 2.75) is 13.5 Å². The summed E-state index contributed by atoms with van der Waals surface area (Å²) in [6, 6.07) is 22.7. The van der Waals surface area contributed by atoms with Crippen LogP contribution >= 0.6 is 23.2 Å². The quantitative estimate of drug-likeness (QED) is 0.349. The molecule has 1 amide bonds. The summed E-state index contributed by atoms with van der Waals surface area (Å²) in [4.78, 5) is 30.5. The van der Waals surface area contributed by atoms with Gasteiger partial charge in [0.2, 0.25) is 0 Å². The number of piperazine rings is 1. The molecule has 1 fully saturated rings. The van der Waals surface area contributed by atoms with E-state index in [0.717, 1.165) is 22.0 Å². The second-order valence-corrected chi connectivity index (χ2v) is 9.96. The van der Waals surface area contributed by atoms with E-state index in [1.54, 1.807) is 27.7 Å². The second kappa shape index (κ2) is 10.3. The number of hydrogen-bond donors (Lipinski definition) is 0. The molecule has 186 valence electrons. The highest BCUT2D eigenvalue weighted by atomic mass is 35.5. The van der Waals surface area contributed by atoms with Crippen LogP contribution in [0.25, 0.3) is 10.9 Å². The lowest BCUT2D eigenvalue weighted by Gasteiger charge is -2.37. The third-order valence-electron chi connectivity index (χ3n) is 6.74. The summed E-state index contributed by atoms with van der Waals surface area (Å²) in [5.74, 6) is -0.127. The SMILES string of the molecule is Cc1ccc2c(c1)c(N1CCN(C(=O)c3ccc(Cl)c(Cl)c3)CC1)c(C#N)c(=O)n2Cc1ccccc1. The van der Waals surface area contributed by atoms with E-state index < -0.39 is 0 Å². The predicted molar refractivity (Wildman–Crippen MR) is 148 cm³/mol. The molecule has 4 aromatic rings. The van der Waals surface area contributed by atoms with Crippen LogP contribution in [0.3, 0.4) is 0 Å². The summed E-state index contributed by atoms with van der Waals surface area (Å²) in [5.41, 5.74) is 3.73. The van der Waals surface area contributed by atoms with Gasteiger partial charge in [-0.3, -0.25) is 9.59 Å². The van der Waals surface area contributed by atoms with E-state index in [1.807, 2.05) is 60.4 Å². The molecule has 0 radical (unpaired) electrons. The number of anilines is 1. The average molecular weight is 531 g/mol. The maximum atomic E-state index is 13.6. The number of nitrogens with zero attached hydrogens (tertiary/aromatic N) is 4. The van der Waals surface area contributed by atoms with Gasteiger partial charge in [0.25, 0.3) is 11.5 Å². The number of amides is 1. The first-order chi connectivity index (χ1) is 17.9. The van der Waals surface area contributed by atoms with Crippen molar-refractivity contribution in [3.8, 4) is 6.07 Å². The minimum atomic E-state index is -0.313. The lowest BCUT2D eigenvalue weighted by molar-refractivity contribution is 0.0747. The lowest BCUT2D eigenvalue weighted by atomic mass is 10.0. The zero-order valence-corrected chi connectivity index (χ0v) is 21.8. The molecule has 37 heavy (non-hydrogen) atoms. The van der Waals surface area contributed by atoms with Crippen LogP contribution in [0.5, 0.6) is 0 Å². The molecule has 1 aliphatic rings. The number of aryl methyl sites for hydroxylation is 1. The maximum Gasteiger partial charge on any atom is 0.271 e. The fourth-order valence-electron chi connectivity index (χ4n) is 4.85. The first-order valence-corrected chi connectivity index (χ1v) is 12.7. The van der Waals surface area contributed by atoms with Gasteiger partial charge in [-0.2, -0.15) is 5.26 Å². The van der Waals surface area contributed by atoms with Gasteiger partial charge in [-0.1, -0.05) is 65.2 Å². The largest absolute Gasteiger partial charge is 0.366 e. The minimum absolute atomic E-state index is 0.123. The maximum absolute atomic E-state index is 13.6. The molecule has 1 aliphatic heterocycles. The van der Waals surface area contributed by atoms with Crippen LogP contribution in [0.2, 0.25) is 10.0 Å². The summed E-state index contributed by atoms with van der Waals surface area (Å²) >= 11 is 12.1. The average Bonchev–Trinajstić information content (AvgIpc) is 2.91. The van der Waals surface area contributed by atoms with Crippen molar-refractivity contribution in [3.63, 3.8) is 0 Å². The molecule has 0 saturated carbocycles. The zero-order chi connectivity index (χ0) is 26.1. The van der Waals surface area contributed by atoms with E-state index in [4.69, 9.17) is 23.2 Å². The lowest BCUT2D eigenvalue weighted by Crippen LogP contribution is -2.49. The number of aromatic nitrogens is 1. The highest BCUT2D eigenvalue weighted by Gasteiger charge is 2.27. The van der Waals surface area contributed by atoms with E-state index >= 15 is 0 Å². The van der Waals surface area contributed by atoms with E-state index in [1.165, 1.54) is 0 Å². The van der Waals surface area contributed by atoms with Crippen molar-refractivity contribution >= 4 is 45.7 Å². The zero-order valence-electron chi connectivity index (χ0n) is 20.2. The highest BCUT2D eigenvalue weighted by molar-refractivity contribution is 6.42. The van der Waals surface area contributed by atoms with Gasteiger partial charge < -0.3 is 14.4 Å². The van der Waals surface area contributed by atoms with Crippen LogP contribution in [0, 0.1) is 18.3 Å². The number of nitriles is 1. The van der Waals surface area contributed by atoms with Gasteiger partial charge in [0.15, 0.2) is 0 Å². The summed E-state index contributed by atoms with van der Waals surface area (Å²) in [6.45, 7) is 4.25. The van der Waals surface area contributed by atoms with Gasteiger partial charge in [-0.25, -0.2) is 0 Å². The Balaban J connectivity index is 1.50. The molecule has 5 rings (SSSR count). The van der Waals surface area contributed by atoms with Gasteiger partial charge in [0.1, 0.15) is 11.6 Å². The summed E-state index contributed by atoms with van der Waals surface area (Å²) < 4.78 is 1.68. The molecule has 8 heteroatoms. The van der Waals surface area contributed by atoms with E-state index in [9.17, 15) is 14.9 Å². The molecule has 0 atom stereocenters. The Morgan fingerprint density at radius 1 is 0.946 bits per heavy atom. The molecule has 0 N–H and O–H groups in total. The van der Waals surface area contributed by atoms with Crippen molar-refractivity contribution < 1.29 is 4.79 Å². The summed E-state index contributed by atoms with van der Waals surface area (Å²) in [7, 11) is 0. The van der Waals surface area contributed by atoms with Crippen molar-refractivity contribution in [2.24, 2.45) is 0 Å². The van der Waals surface area contributed by atoms with Crippen LogP contribution in [0.1, 0.15) is 27.0 Å². The Bertz CT molecular complexity index is 1600. The first-order valence-electron chi connectivity index (χ1n) is 12.0. The van der Waals surface area contributed by atoms with Crippen molar-refractivity contribution in [2.75, 3.05) is 31.1 Å². The van der Waals surface area contributed by atoms with Crippen LogP contribution in [-0.2, 0) is 6.54 Å². The number of pyridine rings is 1. The number of halogens is 2. The van der Waals surface area contributed by atoms with E-state index in [-0.39, 0.29) is 17.0 Å². The number of hydrogen-bond acceptors (Lipinski definition) is 4. The van der Waals surface area contributed by atoms with Gasteiger partial charge in [-0.15, -0.1) is 0 Å². The monoisotopic (exact) mass is 530 g/mol. The highest BCUT2D eigenvalue weighted by Crippen LogP contribution is 2.31. The molecular weight excluding hydrogens is 507 g/mol. The predicted octanol–water partition coefficient (Wildman–Crippen LogP) is 5.50. The third-order valence-corrected chi connectivity index (χ3v) is 7.48. The normalized spacial score (nSPS) is 13.6. The number of fused-ring (bicyclic) bond motifs is 1. The molecule has 0 unspecified atom stereocenters. The van der Waals surface area contributed by atoms with Crippen molar-refractivity contribution in [1.82, 2.24) is 9.47 Å². The Kier molecular flexibility index (Phi) is 6.92. The molecule has 0 spiro atoms. The van der Waals surface area contributed by atoms with Gasteiger partial charge in [-0.05, 0) is 42.8 Å². The standard InChI is InChI=1S/C29H24Cl2N4O2/c1-19-7-10-26-22(15-19)27(23(17-32)29(37)35(26)18-20-5-3-2-4-6-20)33-11-13-34(14-12-33)28(36)21-8-9-24(30)25(31)16-21/h2-10,15-16H,11-14,18H2,1H3. The first kappa shape index (κ1) is 24.9. The number of carbonyl (C=O) groups is 1. The Morgan fingerprint density at radius 2 is 1.68 bits per heavy atom. The molecule has 6 nitrogen and oxygen atoms in total. The van der Waals surface area contributed by atoms with Crippen LogP contribution in [0.4, 0.5) is 5.69 Å². The van der Waals surface area contributed by atoms with Gasteiger partial charge in [0.05, 0.1) is 27.8 Å². The molecule has 0 bridgehead atoms. The molecule has 1 saturated heterocycles. The number of benzene rings is 3. The molecule has 0 aliphatic carbocycles. The Hall–Kier alpha value is -3.79. The van der Waals surface area contributed by atoms with E-state index in [2.05, 4.69) is 6.07 Å². The van der Waals surface area contributed by atoms with Crippen LogP contribution in [0.15, 0.2) is 71.5 Å². The Labute approximate surface area is 224 Å². The fourth-order valence-corrected chi connectivity index (χ4v) is 5.15. The fraction of sp³-hybridized carbons (Fsp3) is 0.207. The second-order valence-electron chi connectivity index (χ2n) is 9.14. The van der Waals surface area contributed by atoms with Crippen molar-refractivity contribution in [1.29, 1.82) is 5.26 Å². The van der Waals surface area contributed by atoms with Gasteiger partial charge in [0, 0.05) is 37.1 Å². The Morgan fingerprint density at radius 3 is 2.35 bits per heavy atom. The molecule has 2 heterocycles. The molecule has 1 aromatic heterocycles. The third kappa shape index (κ3) is 4.81. The van der Waals surface area contributed by atoms with E-state index in [0.29, 0.717) is 54.0 Å². The smallest absolute Gasteiger partial charge is 0.271 e. The van der Waals surface area contributed by atoms with Crippen molar-refractivity contribution in [3.05, 3.63) is 109 Å². The minimum Gasteiger partial charge on any atom is -0.366 e. The van der Waals surface area contributed by atoms with Crippen LogP contribution in [-0.4, -0.2) is 41.6 Å². The summed E-state index contributed by atoms with van der Waals surface area (Å²) in [5, 5.41) is 11.7. The van der Waals surface area contributed by atoms with Crippen LogP contribution < -0.4 is 10.5 Å². The van der Waals surface area contributed by atoms with Gasteiger partial charge >= 0.3 is 0 Å². The molecule has 3 aromatic carbocycles. The number of carbonyl (C=O) groups excluding carboxylic acids is 1. The number of rotatable bonds is 4. The topological polar surface area (TPSA) is 69.3 Å². The summed E-state index contributed by atoms with van der Waals surface area (Å²) in [6.07, 6.45) is 0.